The van der Waals surface area contributed by atoms with Crippen LogP contribution in [0.15, 0.2) is 14.5 Å². The Morgan fingerprint density at radius 1 is 1.48 bits per heavy atom. The van der Waals surface area contributed by atoms with Gasteiger partial charge in [0.2, 0.25) is 0 Å². The van der Waals surface area contributed by atoms with Gasteiger partial charge in [0.05, 0.1) is 18.3 Å². The smallest absolute Gasteiger partial charge is 0.344 e. The van der Waals surface area contributed by atoms with E-state index in [2.05, 4.69) is 15.4 Å². The number of hydrogen-bond donors (Lipinski definition) is 1. The van der Waals surface area contributed by atoms with E-state index in [1.54, 1.807) is 4.57 Å². The fourth-order valence-corrected chi connectivity index (χ4v) is 3.52. The third kappa shape index (κ3) is 3.06. The molecule has 0 aliphatic carbocycles. The van der Waals surface area contributed by atoms with E-state index in [4.69, 9.17) is 9.26 Å². The number of aryl methyl sites for hydroxylation is 2. The predicted molar refractivity (Wildman–Crippen MR) is 77.4 cm³/mol. The number of nitrogens with one attached hydrogen (secondary N) is 1. The van der Waals surface area contributed by atoms with Crippen LogP contribution < -0.4 is 5.69 Å². The fraction of sp³-hybridized carbons (Fsp3) is 0.615. The van der Waals surface area contributed by atoms with E-state index in [0.717, 1.165) is 36.5 Å². The number of hydrogen-bond acceptors (Lipinski definition) is 6. The lowest BCUT2D eigenvalue weighted by Gasteiger charge is -2.10. The summed E-state index contributed by atoms with van der Waals surface area (Å²) in [6.45, 7) is 5.13. The molecule has 114 valence electrons. The van der Waals surface area contributed by atoms with Gasteiger partial charge in [-0.1, -0.05) is 16.9 Å². The molecule has 1 fully saturated rings. The second kappa shape index (κ2) is 6.07. The van der Waals surface area contributed by atoms with Crippen LogP contribution in [0, 0.1) is 13.8 Å². The van der Waals surface area contributed by atoms with E-state index in [9.17, 15) is 4.79 Å². The van der Waals surface area contributed by atoms with Crippen LogP contribution in [0.25, 0.3) is 0 Å². The molecule has 7 nitrogen and oxygen atoms in total. The van der Waals surface area contributed by atoms with Crippen LogP contribution >= 0.6 is 11.8 Å². The molecular formula is C13H18N4O3S. The average molecular weight is 310 g/mol. The number of nitrogens with zero attached hydrogens (tertiary/aromatic N) is 3. The molecule has 1 aliphatic rings. The Hall–Kier alpha value is -1.54. The molecule has 1 unspecified atom stereocenters. The molecule has 8 heteroatoms. The fourth-order valence-electron chi connectivity index (χ4n) is 2.41. The van der Waals surface area contributed by atoms with Gasteiger partial charge in [-0.3, -0.25) is 4.57 Å². The topological polar surface area (TPSA) is 85.9 Å². The third-order valence-electron chi connectivity index (χ3n) is 3.66. The van der Waals surface area contributed by atoms with Crippen molar-refractivity contribution in [2.75, 3.05) is 6.61 Å². The van der Waals surface area contributed by atoms with Crippen LogP contribution in [-0.4, -0.2) is 32.6 Å². The minimum absolute atomic E-state index is 0.110. The maximum Gasteiger partial charge on any atom is 0.344 e. The van der Waals surface area contributed by atoms with E-state index in [-0.39, 0.29) is 11.8 Å². The molecule has 1 saturated heterocycles. The Bertz CT molecular complexity index is 650. The third-order valence-corrected chi connectivity index (χ3v) is 4.66. The van der Waals surface area contributed by atoms with Crippen LogP contribution in [0.1, 0.15) is 29.9 Å². The van der Waals surface area contributed by atoms with E-state index in [1.165, 1.54) is 11.8 Å². The molecule has 3 rings (SSSR count). The van der Waals surface area contributed by atoms with Crippen molar-refractivity contribution in [3.8, 4) is 0 Å². The SMILES string of the molecule is Cc1noc(C)c1CSc1n[nH]c(=O)n1CC1CCCO1. The van der Waals surface area contributed by atoms with Crippen LogP contribution in [0.2, 0.25) is 0 Å². The second-order valence-corrected chi connectivity index (χ2v) is 6.09. The summed E-state index contributed by atoms with van der Waals surface area (Å²) < 4.78 is 12.4. The zero-order valence-corrected chi connectivity index (χ0v) is 12.9. The van der Waals surface area contributed by atoms with Crippen molar-refractivity contribution in [1.29, 1.82) is 0 Å². The molecule has 2 aromatic heterocycles. The van der Waals surface area contributed by atoms with Gasteiger partial charge in [0.1, 0.15) is 5.76 Å². The first-order valence-electron chi connectivity index (χ1n) is 6.96. The van der Waals surface area contributed by atoms with Crippen LogP contribution in [0.3, 0.4) is 0 Å². The number of aromatic nitrogens is 4. The lowest BCUT2D eigenvalue weighted by atomic mass is 10.2. The largest absolute Gasteiger partial charge is 0.376 e. The number of thioether (sulfide) groups is 1. The van der Waals surface area contributed by atoms with Crippen molar-refractivity contribution in [2.24, 2.45) is 0 Å². The minimum Gasteiger partial charge on any atom is -0.376 e. The summed E-state index contributed by atoms with van der Waals surface area (Å²) in [4.78, 5) is 11.9. The summed E-state index contributed by atoms with van der Waals surface area (Å²) in [6.07, 6.45) is 2.16. The van der Waals surface area contributed by atoms with Crippen molar-refractivity contribution in [3.05, 3.63) is 27.5 Å². The molecule has 0 spiro atoms. The highest BCUT2D eigenvalue weighted by Gasteiger charge is 2.20. The van der Waals surface area contributed by atoms with Crippen molar-refractivity contribution in [1.82, 2.24) is 19.9 Å². The highest BCUT2D eigenvalue weighted by molar-refractivity contribution is 7.98. The van der Waals surface area contributed by atoms with Crippen LogP contribution in [0.5, 0.6) is 0 Å². The van der Waals surface area contributed by atoms with Crippen molar-refractivity contribution in [2.45, 2.75) is 50.2 Å². The summed E-state index contributed by atoms with van der Waals surface area (Å²) in [5.41, 5.74) is 1.74. The highest BCUT2D eigenvalue weighted by Crippen LogP contribution is 2.24. The van der Waals surface area contributed by atoms with Gasteiger partial charge < -0.3 is 9.26 Å². The first kappa shape index (κ1) is 14.4. The van der Waals surface area contributed by atoms with Gasteiger partial charge >= 0.3 is 5.69 Å². The number of ether oxygens (including phenoxy) is 1. The second-order valence-electron chi connectivity index (χ2n) is 5.15. The van der Waals surface area contributed by atoms with Gasteiger partial charge in [0, 0.05) is 17.9 Å². The van der Waals surface area contributed by atoms with E-state index < -0.39 is 0 Å². The maximum atomic E-state index is 11.9. The molecule has 1 atom stereocenters. The van der Waals surface area contributed by atoms with Crippen LogP contribution in [-0.2, 0) is 17.0 Å². The Balaban J connectivity index is 1.72. The normalized spacial score (nSPS) is 18.5. The summed E-state index contributed by atoms with van der Waals surface area (Å²) >= 11 is 1.50. The molecule has 3 heterocycles. The van der Waals surface area contributed by atoms with Gasteiger partial charge in [0.25, 0.3) is 0 Å². The number of rotatable bonds is 5. The van der Waals surface area contributed by atoms with Crippen molar-refractivity contribution < 1.29 is 9.26 Å². The van der Waals surface area contributed by atoms with E-state index in [0.29, 0.717) is 17.5 Å². The maximum absolute atomic E-state index is 11.9. The highest BCUT2D eigenvalue weighted by atomic mass is 32.2. The Labute approximate surface area is 126 Å². The van der Waals surface area contributed by atoms with Gasteiger partial charge in [-0.05, 0) is 26.7 Å². The van der Waals surface area contributed by atoms with Gasteiger partial charge in [0.15, 0.2) is 5.16 Å². The molecule has 0 bridgehead atoms. The molecule has 21 heavy (non-hydrogen) atoms. The lowest BCUT2D eigenvalue weighted by molar-refractivity contribution is 0.0941. The molecule has 0 amide bonds. The van der Waals surface area contributed by atoms with Crippen molar-refractivity contribution in [3.63, 3.8) is 0 Å². The van der Waals surface area contributed by atoms with E-state index in [1.807, 2.05) is 13.8 Å². The quantitative estimate of drug-likeness (QED) is 0.845. The summed E-state index contributed by atoms with van der Waals surface area (Å²) in [6, 6.07) is 0. The monoisotopic (exact) mass is 310 g/mol. The summed E-state index contributed by atoms with van der Waals surface area (Å²) in [5.74, 6) is 1.49. The Morgan fingerprint density at radius 2 is 2.33 bits per heavy atom. The summed E-state index contributed by atoms with van der Waals surface area (Å²) in [5, 5.41) is 11.2. The minimum atomic E-state index is -0.188. The molecule has 1 aliphatic heterocycles. The first-order valence-corrected chi connectivity index (χ1v) is 7.95. The first-order chi connectivity index (χ1) is 10.1. The van der Waals surface area contributed by atoms with E-state index >= 15 is 0 Å². The summed E-state index contributed by atoms with van der Waals surface area (Å²) in [7, 11) is 0. The number of aromatic amines is 1. The van der Waals surface area contributed by atoms with Gasteiger partial charge in [-0.25, -0.2) is 9.89 Å². The van der Waals surface area contributed by atoms with Crippen LogP contribution in [0.4, 0.5) is 0 Å². The average Bonchev–Trinajstić information content (AvgIpc) is 3.16. The molecule has 1 N–H and O–H groups in total. The molecule has 2 aromatic rings. The molecule has 0 saturated carbocycles. The Morgan fingerprint density at radius 3 is 3.00 bits per heavy atom. The molecular weight excluding hydrogens is 292 g/mol. The standard InChI is InChI=1S/C13H18N4O3S/c1-8-11(9(2)20-16-8)7-21-13-15-14-12(18)17(13)6-10-4-3-5-19-10/h10H,3-7H2,1-2H3,(H,14,18). The predicted octanol–water partition coefficient (Wildman–Crippen LogP) is 1.65. The molecule has 0 radical (unpaired) electrons. The lowest BCUT2D eigenvalue weighted by Crippen LogP contribution is -2.24. The number of H-pyrrole nitrogens is 1. The molecule has 0 aromatic carbocycles. The zero-order chi connectivity index (χ0) is 14.8. The van der Waals surface area contributed by atoms with Gasteiger partial charge in [-0.2, -0.15) is 0 Å². The van der Waals surface area contributed by atoms with Gasteiger partial charge in [-0.15, -0.1) is 5.10 Å². The van der Waals surface area contributed by atoms with Crippen molar-refractivity contribution >= 4 is 11.8 Å². The Kier molecular flexibility index (Phi) is 4.16. The zero-order valence-electron chi connectivity index (χ0n) is 12.1.